The Kier molecular flexibility index (Phi) is 7.96. The molecule has 0 radical (unpaired) electrons. The highest BCUT2D eigenvalue weighted by Gasteiger charge is 2.28. The van der Waals surface area contributed by atoms with Crippen LogP contribution in [0.25, 0.3) is 0 Å². The van der Waals surface area contributed by atoms with Crippen LogP contribution in [0.1, 0.15) is 38.7 Å². The van der Waals surface area contributed by atoms with Gasteiger partial charge in [0.15, 0.2) is 5.96 Å². The summed E-state index contributed by atoms with van der Waals surface area (Å²) in [4.78, 5) is 9.88. The summed E-state index contributed by atoms with van der Waals surface area (Å²) in [7, 11) is 0. The summed E-state index contributed by atoms with van der Waals surface area (Å²) in [5, 5.41) is 3.48. The van der Waals surface area contributed by atoms with Gasteiger partial charge in [0.25, 0.3) is 0 Å². The van der Waals surface area contributed by atoms with Gasteiger partial charge in [-0.15, -0.1) is 0 Å². The fourth-order valence-electron chi connectivity index (χ4n) is 3.83. The first-order valence-electron chi connectivity index (χ1n) is 10.7. The van der Waals surface area contributed by atoms with Gasteiger partial charge in [0.05, 0.1) is 19.8 Å². The second-order valence-electron chi connectivity index (χ2n) is 7.70. The molecule has 1 N–H and O–H groups in total. The zero-order valence-electron chi connectivity index (χ0n) is 17.1. The molecule has 0 aromatic heterocycles. The number of guanidine groups is 1. The van der Waals surface area contributed by atoms with Gasteiger partial charge in [0, 0.05) is 38.1 Å². The van der Waals surface area contributed by atoms with Gasteiger partial charge in [-0.3, -0.25) is 9.89 Å². The predicted molar refractivity (Wildman–Crippen MR) is 112 cm³/mol. The molecule has 0 bridgehead atoms. The first kappa shape index (κ1) is 20.2. The fraction of sp³-hybridized carbons (Fsp3) is 0.682. The lowest BCUT2D eigenvalue weighted by atomic mass is 10.1. The average Bonchev–Trinajstić information content (AvgIpc) is 3.43. The molecule has 1 unspecified atom stereocenters. The van der Waals surface area contributed by atoms with Crippen molar-refractivity contribution in [2.45, 2.75) is 45.8 Å². The maximum atomic E-state index is 5.96. The summed E-state index contributed by atoms with van der Waals surface area (Å²) in [6.45, 7) is 12.1. The molecule has 5 nitrogen and oxygen atoms in total. The SMILES string of the molecule is CCNC(=NCCN(CC)C1CC1)N1CCC(COCc2ccccc2)C1. The predicted octanol–water partition coefficient (Wildman–Crippen LogP) is 2.97. The van der Waals surface area contributed by atoms with Crippen LogP contribution in [0.3, 0.4) is 0 Å². The molecule has 1 aliphatic carbocycles. The number of hydrogen-bond acceptors (Lipinski definition) is 3. The number of nitrogens with one attached hydrogen (secondary N) is 1. The molecule has 0 spiro atoms. The number of nitrogens with zero attached hydrogens (tertiary/aromatic N) is 3. The van der Waals surface area contributed by atoms with Crippen LogP contribution in [0.15, 0.2) is 35.3 Å². The Labute approximate surface area is 164 Å². The maximum absolute atomic E-state index is 5.96. The van der Waals surface area contributed by atoms with E-state index in [0.29, 0.717) is 12.5 Å². The van der Waals surface area contributed by atoms with E-state index in [9.17, 15) is 0 Å². The molecular formula is C22H36N4O. The van der Waals surface area contributed by atoms with E-state index < -0.39 is 0 Å². The normalized spacial score (nSPS) is 20.5. The van der Waals surface area contributed by atoms with Crippen molar-refractivity contribution in [1.82, 2.24) is 15.1 Å². The third-order valence-electron chi connectivity index (χ3n) is 5.50. The summed E-state index contributed by atoms with van der Waals surface area (Å²) in [5.74, 6) is 1.67. The molecule has 27 heavy (non-hydrogen) atoms. The van der Waals surface area contributed by atoms with Crippen molar-refractivity contribution in [3.63, 3.8) is 0 Å². The van der Waals surface area contributed by atoms with E-state index in [1.54, 1.807) is 0 Å². The molecule has 1 aliphatic heterocycles. The third kappa shape index (κ3) is 6.51. The number of benzene rings is 1. The molecule has 2 aliphatic rings. The van der Waals surface area contributed by atoms with Gasteiger partial charge in [-0.05, 0) is 38.3 Å². The van der Waals surface area contributed by atoms with Crippen LogP contribution in [0.5, 0.6) is 0 Å². The van der Waals surface area contributed by atoms with Gasteiger partial charge >= 0.3 is 0 Å². The highest BCUT2D eigenvalue weighted by molar-refractivity contribution is 5.80. The maximum Gasteiger partial charge on any atom is 0.193 e. The quantitative estimate of drug-likeness (QED) is 0.506. The van der Waals surface area contributed by atoms with E-state index in [0.717, 1.165) is 57.9 Å². The molecule has 1 saturated heterocycles. The molecule has 2 fully saturated rings. The van der Waals surface area contributed by atoms with Crippen LogP contribution >= 0.6 is 0 Å². The number of likely N-dealkylation sites (tertiary alicyclic amines) is 1. The van der Waals surface area contributed by atoms with Gasteiger partial charge < -0.3 is 15.0 Å². The first-order valence-corrected chi connectivity index (χ1v) is 10.7. The lowest BCUT2D eigenvalue weighted by Crippen LogP contribution is -2.41. The summed E-state index contributed by atoms with van der Waals surface area (Å²) in [6, 6.07) is 11.3. The number of rotatable bonds is 10. The van der Waals surface area contributed by atoms with Crippen LogP contribution in [-0.2, 0) is 11.3 Å². The van der Waals surface area contributed by atoms with Crippen LogP contribution in [0.4, 0.5) is 0 Å². The summed E-state index contributed by atoms with van der Waals surface area (Å²) in [6.07, 6.45) is 3.92. The highest BCUT2D eigenvalue weighted by Crippen LogP contribution is 2.26. The van der Waals surface area contributed by atoms with Crippen molar-refractivity contribution >= 4 is 5.96 Å². The number of likely N-dealkylation sites (N-methyl/N-ethyl adjacent to an activating group) is 1. The van der Waals surface area contributed by atoms with E-state index in [-0.39, 0.29) is 0 Å². The second kappa shape index (κ2) is 10.7. The Morgan fingerprint density at radius 3 is 2.74 bits per heavy atom. The standard InChI is InChI=1S/C22H36N4O/c1-3-23-22(24-13-15-25(4-2)21-10-11-21)26-14-12-20(16-26)18-27-17-19-8-6-5-7-9-19/h5-9,20-21H,3-4,10-18H2,1-2H3,(H,23,24). The number of aliphatic imine (C=N–C) groups is 1. The molecule has 3 rings (SSSR count). The van der Waals surface area contributed by atoms with Crippen molar-refractivity contribution in [2.24, 2.45) is 10.9 Å². The summed E-state index contributed by atoms with van der Waals surface area (Å²) in [5.41, 5.74) is 1.25. The van der Waals surface area contributed by atoms with E-state index in [1.165, 1.54) is 24.8 Å². The highest BCUT2D eigenvalue weighted by atomic mass is 16.5. The van der Waals surface area contributed by atoms with Crippen molar-refractivity contribution in [3.8, 4) is 0 Å². The minimum Gasteiger partial charge on any atom is -0.376 e. The largest absolute Gasteiger partial charge is 0.376 e. The van der Waals surface area contributed by atoms with Crippen LogP contribution in [0, 0.1) is 5.92 Å². The van der Waals surface area contributed by atoms with Crippen molar-refractivity contribution < 1.29 is 4.74 Å². The minimum atomic E-state index is 0.594. The van der Waals surface area contributed by atoms with Gasteiger partial charge in [0.1, 0.15) is 0 Å². The van der Waals surface area contributed by atoms with E-state index in [2.05, 4.69) is 53.2 Å². The Morgan fingerprint density at radius 1 is 1.22 bits per heavy atom. The molecule has 5 heteroatoms. The van der Waals surface area contributed by atoms with Gasteiger partial charge in [-0.25, -0.2) is 0 Å². The second-order valence-corrected chi connectivity index (χ2v) is 7.70. The van der Waals surface area contributed by atoms with Gasteiger partial charge in [-0.2, -0.15) is 0 Å². The lowest BCUT2D eigenvalue weighted by molar-refractivity contribution is 0.0906. The smallest absolute Gasteiger partial charge is 0.193 e. The number of hydrogen-bond donors (Lipinski definition) is 1. The molecule has 1 aromatic rings. The molecule has 1 atom stereocenters. The van der Waals surface area contributed by atoms with Crippen molar-refractivity contribution in [3.05, 3.63) is 35.9 Å². The molecule has 1 aromatic carbocycles. The van der Waals surface area contributed by atoms with Crippen molar-refractivity contribution in [1.29, 1.82) is 0 Å². The monoisotopic (exact) mass is 372 g/mol. The topological polar surface area (TPSA) is 40.1 Å². The van der Waals surface area contributed by atoms with Crippen LogP contribution in [-0.4, -0.2) is 67.7 Å². The van der Waals surface area contributed by atoms with E-state index in [4.69, 9.17) is 9.73 Å². The van der Waals surface area contributed by atoms with Gasteiger partial charge in [0.2, 0.25) is 0 Å². The van der Waals surface area contributed by atoms with E-state index >= 15 is 0 Å². The Bertz CT molecular complexity index is 573. The Hall–Kier alpha value is -1.59. The zero-order chi connectivity index (χ0) is 18.9. The minimum absolute atomic E-state index is 0.594. The Balaban J connectivity index is 1.41. The first-order chi connectivity index (χ1) is 13.3. The summed E-state index contributed by atoms with van der Waals surface area (Å²) >= 11 is 0. The van der Waals surface area contributed by atoms with Crippen molar-refractivity contribution in [2.75, 3.05) is 45.9 Å². The Morgan fingerprint density at radius 2 is 2.04 bits per heavy atom. The fourth-order valence-corrected chi connectivity index (χ4v) is 3.83. The summed E-state index contributed by atoms with van der Waals surface area (Å²) < 4.78 is 5.96. The van der Waals surface area contributed by atoms with E-state index in [1.807, 2.05) is 6.07 Å². The number of ether oxygens (including phenoxy) is 1. The molecular weight excluding hydrogens is 336 g/mol. The third-order valence-corrected chi connectivity index (χ3v) is 5.50. The molecule has 1 heterocycles. The van der Waals surface area contributed by atoms with Gasteiger partial charge in [-0.1, -0.05) is 37.3 Å². The average molecular weight is 373 g/mol. The zero-order valence-corrected chi connectivity index (χ0v) is 17.1. The van der Waals surface area contributed by atoms with Crippen LogP contribution in [0.2, 0.25) is 0 Å². The molecule has 150 valence electrons. The van der Waals surface area contributed by atoms with Crippen LogP contribution < -0.4 is 5.32 Å². The lowest BCUT2D eigenvalue weighted by Gasteiger charge is -2.23. The molecule has 1 saturated carbocycles. The molecule has 0 amide bonds.